The molecule has 0 bridgehead atoms. The standard InChI is InChI=1S/C18H19N3O3/c1-24-16-5-3-2-4-13(16)10-15-7-6-14(11-20-15)18(23)21-9-8-19-17(22)12-21/h2-7,11H,8-10,12H2,1H3,(H,19,22). The van der Waals surface area contributed by atoms with Gasteiger partial charge in [0.25, 0.3) is 5.91 Å². The van der Waals surface area contributed by atoms with Crippen molar-refractivity contribution in [3.8, 4) is 5.75 Å². The van der Waals surface area contributed by atoms with Gasteiger partial charge in [0, 0.05) is 37.0 Å². The van der Waals surface area contributed by atoms with Crippen LogP contribution in [0.2, 0.25) is 0 Å². The lowest BCUT2D eigenvalue weighted by Crippen LogP contribution is -2.49. The van der Waals surface area contributed by atoms with E-state index in [-0.39, 0.29) is 18.4 Å². The molecule has 0 atom stereocenters. The number of para-hydroxylation sites is 1. The molecule has 1 fully saturated rings. The molecule has 6 heteroatoms. The van der Waals surface area contributed by atoms with E-state index in [0.717, 1.165) is 17.0 Å². The topological polar surface area (TPSA) is 71.5 Å². The number of ether oxygens (including phenoxy) is 1. The second kappa shape index (κ2) is 7.12. The molecule has 2 aromatic rings. The summed E-state index contributed by atoms with van der Waals surface area (Å²) >= 11 is 0. The molecule has 3 rings (SSSR count). The molecule has 1 N–H and O–H groups in total. The summed E-state index contributed by atoms with van der Waals surface area (Å²) in [5, 5.41) is 2.71. The third kappa shape index (κ3) is 3.53. The van der Waals surface area contributed by atoms with E-state index in [9.17, 15) is 9.59 Å². The maximum absolute atomic E-state index is 12.4. The number of nitrogens with one attached hydrogen (secondary N) is 1. The number of benzene rings is 1. The molecule has 1 aliphatic heterocycles. The van der Waals surface area contributed by atoms with Crippen LogP contribution in [0.1, 0.15) is 21.6 Å². The van der Waals surface area contributed by atoms with Crippen LogP contribution in [0.25, 0.3) is 0 Å². The zero-order valence-corrected chi connectivity index (χ0v) is 13.5. The molecule has 0 spiro atoms. The normalized spacial score (nSPS) is 14.2. The lowest BCUT2D eigenvalue weighted by molar-refractivity contribution is -0.123. The van der Waals surface area contributed by atoms with Crippen molar-refractivity contribution in [2.24, 2.45) is 0 Å². The lowest BCUT2D eigenvalue weighted by atomic mass is 10.1. The van der Waals surface area contributed by atoms with Crippen LogP contribution in [0.5, 0.6) is 5.75 Å². The first-order chi connectivity index (χ1) is 11.7. The number of amides is 2. The van der Waals surface area contributed by atoms with E-state index in [1.807, 2.05) is 30.3 Å². The summed E-state index contributed by atoms with van der Waals surface area (Å²) in [5.41, 5.74) is 2.39. The molecule has 1 saturated heterocycles. The van der Waals surface area contributed by atoms with Gasteiger partial charge in [0.2, 0.25) is 5.91 Å². The Morgan fingerprint density at radius 1 is 1.29 bits per heavy atom. The van der Waals surface area contributed by atoms with Gasteiger partial charge in [-0.3, -0.25) is 14.6 Å². The van der Waals surface area contributed by atoms with Crippen LogP contribution in [-0.4, -0.2) is 48.4 Å². The highest BCUT2D eigenvalue weighted by Gasteiger charge is 2.22. The van der Waals surface area contributed by atoms with Crippen molar-refractivity contribution < 1.29 is 14.3 Å². The quantitative estimate of drug-likeness (QED) is 0.918. The van der Waals surface area contributed by atoms with Crippen molar-refractivity contribution in [3.05, 3.63) is 59.4 Å². The molecule has 24 heavy (non-hydrogen) atoms. The molecule has 1 aliphatic rings. The zero-order valence-electron chi connectivity index (χ0n) is 13.5. The van der Waals surface area contributed by atoms with Gasteiger partial charge in [0.05, 0.1) is 19.2 Å². The van der Waals surface area contributed by atoms with Crippen molar-refractivity contribution in [2.45, 2.75) is 6.42 Å². The fraction of sp³-hybridized carbons (Fsp3) is 0.278. The second-order valence-corrected chi connectivity index (χ2v) is 5.60. The number of aromatic nitrogens is 1. The molecule has 2 heterocycles. The smallest absolute Gasteiger partial charge is 0.255 e. The first kappa shape index (κ1) is 16.0. The molecule has 1 aromatic heterocycles. The number of piperazine rings is 1. The Morgan fingerprint density at radius 2 is 2.12 bits per heavy atom. The molecular formula is C18H19N3O3. The van der Waals surface area contributed by atoms with Gasteiger partial charge in [-0.05, 0) is 18.2 Å². The number of carbonyl (C=O) groups is 2. The number of pyridine rings is 1. The van der Waals surface area contributed by atoms with Crippen LogP contribution >= 0.6 is 0 Å². The maximum Gasteiger partial charge on any atom is 0.255 e. The van der Waals surface area contributed by atoms with Crippen LogP contribution in [0.3, 0.4) is 0 Å². The van der Waals surface area contributed by atoms with Crippen molar-refractivity contribution in [1.29, 1.82) is 0 Å². The molecule has 2 amide bonds. The Hall–Kier alpha value is -2.89. The third-order valence-corrected chi connectivity index (χ3v) is 3.96. The van der Waals surface area contributed by atoms with Crippen molar-refractivity contribution in [2.75, 3.05) is 26.7 Å². The summed E-state index contributed by atoms with van der Waals surface area (Å²) in [7, 11) is 1.64. The third-order valence-electron chi connectivity index (χ3n) is 3.96. The van der Waals surface area contributed by atoms with E-state index in [0.29, 0.717) is 25.1 Å². The fourth-order valence-electron chi connectivity index (χ4n) is 2.69. The van der Waals surface area contributed by atoms with Gasteiger partial charge in [0.15, 0.2) is 0 Å². The van der Waals surface area contributed by atoms with Crippen molar-refractivity contribution in [1.82, 2.24) is 15.2 Å². The van der Waals surface area contributed by atoms with E-state index in [1.165, 1.54) is 4.90 Å². The number of nitrogens with zero attached hydrogens (tertiary/aromatic N) is 2. The minimum Gasteiger partial charge on any atom is -0.496 e. The van der Waals surface area contributed by atoms with Crippen LogP contribution in [0, 0.1) is 0 Å². The fourth-order valence-corrected chi connectivity index (χ4v) is 2.69. The predicted molar refractivity (Wildman–Crippen MR) is 89.0 cm³/mol. The van der Waals surface area contributed by atoms with Gasteiger partial charge < -0.3 is 15.0 Å². The largest absolute Gasteiger partial charge is 0.496 e. The van der Waals surface area contributed by atoms with Crippen LogP contribution in [-0.2, 0) is 11.2 Å². The SMILES string of the molecule is COc1ccccc1Cc1ccc(C(=O)N2CCNC(=O)C2)cn1. The van der Waals surface area contributed by atoms with Crippen LogP contribution in [0.4, 0.5) is 0 Å². The molecule has 1 aromatic carbocycles. The van der Waals surface area contributed by atoms with Gasteiger partial charge in [-0.15, -0.1) is 0 Å². The molecule has 6 nitrogen and oxygen atoms in total. The molecule has 0 unspecified atom stereocenters. The summed E-state index contributed by atoms with van der Waals surface area (Å²) in [6.45, 7) is 1.11. The molecule has 0 radical (unpaired) electrons. The van der Waals surface area contributed by atoms with Crippen molar-refractivity contribution >= 4 is 11.8 Å². The number of hydrogen-bond acceptors (Lipinski definition) is 4. The summed E-state index contributed by atoms with van der Waals surface area (Å²) in [4.78, 5) is 29.7. The van der Waals surface area contributed by atoms with Crippen molar-refractivity contribution in [3.63, 3.8) is 0 Å². The van der Waals surface area contributed by atoms with Gasteiger partial charge in [-0.1, -0.05) is 18.2 Å². The predicted octanol–water partition coefficient (Wildman–Crippen LogP) is 1.25. The van der Waals surface area contributed by atoms with E-state index in [1.54, 1.807) is 19.4 Å². The number of hydrogen-bond donors (Lipinski definition) is 1. The average Bonchev–Trinajstić information content (AvgIpc) is 2.62. The molecule has 124 valence electrons. The lowest BCUT2D eigenvalue weighted by Gasteiger charge is -2.26. The zero-order chi connectivity index (χ0) is 16.9. The monoisotopic (exact) mass is 325 g/mol. The summed E-state index contributed by atoms with van der Waals surface area (Å²) in [6.07, 6.45) is 2.20. The van der Waals surface area contributed by atoms with Crippen LogP contribution in [0.15, 0.2) is 42.6 Å². The second-order valence-electron chi connectivity index (χ2n) is 5.60. The number of methoxy groups -OCH3 is 1. The molecule has 0 aliphatic carbocycles. The number of carbonyl (C=O) groups excluding carboxylic acids is 2. The van der Waals surface area contributed by atoms with E-state index in [4.69, 9.17) is 4.74 Å². The van der Waals surface area contributed by atoms with Gasteiger partial charge in [0.1, 0.15) is 5.75 Å². The van der Waals surface area contributed by atoms with Gasteiger partial charge >= 0.3 is 0 Å². The highest BCUT2D eigenvalue weighted by atomic mass is 16.5. The Kier molecular flexibility index (Phi) is 4.74. The minimum atomic E-state index is -0.166. The average molecular weight is 325 g/mol. The summed E-state index contributed by atoms with van der Waals surface area (Å²) < 4.78 is 5.34. The molecule has 0 saturated carbocycles. The summed E-state index contributed by atoms with van der Waals surface area (Å²) in [6, 6.07) is 11.4. The maximum atomic E-state index is 12.4. The molecular weight excluding hydrogens is 306 g/mol. The Labute approximate surface area is 140 Å². The number of rotatable bonds is 4. The van der Waals surface area contributed by atoms with E-state index < -0.39 is 0 Å². The Bertz CT molecular complexity index is 743. The first-order valence-corrected chi connectivity index (χ1v) is 7.80. The van der Waals surface area contributed by atoms with Gasteiger partial charge in [-0.25, -0.2) is 0 Å². The highest BCUT2D eigenvalue weighted by molar-refractivity contribution is 5.96. The highest BCUT2D eigenvalue weighted by Crippen LogP contribution is 2.20. The summed E-state index contributed by atoms with van der Waals surface area (Å²) in [5.74, 6) is 0.523. The van der Waals surface area contributed by atoms with Crippen LogP contribution < -0.4 is 10.1 Å². The Balaban J connectivity index is 1.71. The minimum absolute atomic E-state index is 0.0990. The van der Waals surface area contributed by atoms with E-state index in [2.05, 4.69) is 10.3 Å². The van der Waals surface area contributed by atoms with Gasteiger partial charge in [-0.2, -0.15) is 0 Å². The first-order valence-electron chi connectivity index (χ1n) is 7.80. The van der Waals surface area contributed by atoms with E-state index >= 15 is 0 Å². The Morgan fingerprint density at radius 3 is 2.83 bits per heavy atom.